The lowest BCUT2D eigenvalue weighted by Gasteiger charge is -2.12. The van der Waals surface area contributed by atoms with Gasteiger partial charge in [-0.3, -0.25) is 4.79 Å². The number of H-pyrrole nitrogens is 2. The van der Waals surface area contributed by atoms with Gasteiger partial charge in [-0.25, -0.2) is 9.78 Å². The fraction of sp³-hybridized carbons (Fsp3) is 0. The molecule has 0 unspecified atom stereocenters. The average molecular weight is 430 g/mol. The van der Waals surface area contributed by atoms with Crippen LogP contribution in [-0.4, -0.2) is 20.9 Å². The van der Waals surface area contributed by atoms with Crippen LogP contribution in [0, 0.1) is 0 Å². The van der Waals surface area contributed by atoms with Gasteiger partial charge in [-0.05, 0) is 41.1 Å². The van der Waals surface area contributed by atoms with Crippen molar-refractivity contribution in [1.82, 2.24) is 15.0 Å². The lowest BCUT2D eigenvalue weighted by molar-refractivity contribution is 0.102. The normalized spacial score (nSPS) is 11.3. The van der Waals surface area contributed by atoms with E-state index in [0.29, 0.717) is 22.3 Å². The van der Waals surface area contributed by atoms with Gasteiger partial charge < -0.3 is 15.3 Å². The highest BCUT2D eigenvalue weighted by molar-refractivity contribution is 6.14. The number of rotatable bonds is 3. The van der Waals surface area contributed by atoms with Crippen molar-refractivity contribution >= 4 is 44.3 Å². The molecule has 0 saturated heterocycles. The predicted molar refractivity (Wildman–Crippen MR) is 132 cm³/mol. The minimum Gasteiger partial charge on any atom is -0.322 e. The van der Waals surface area contributed by atoms with Gasteiger partial charge >= 0.3 is 5.69 Å². The predicted octanol–water partition coefficient (Wildman–Crippen LogP) is 5.48. The van der Waals surface area contributed by atoms with E-state index in [-0.39, 0.29) is 11.6 Å². The number of aromatic nitrogens is 3. The Morgan fingerprint density at radius 1 is 0.758 bits per heavy atom. The number of para-hydroxylation sites is 1. The Labute approximate surface area is 187 Å². The van der Waals surface area contributed by atoms with Crippen molar-refractivity contribution in [2.24, 2.45) is 0 Å². The molecule has 0 radical (unpaired) electrons. The summed E-state index contributed by atoms with van der Waals surface area (Å²) in [4.78, 5) is 35.2. The van der Waals surface area contributed by atoms with Gasteiger partial charge in [0.15, 0.2) is 0 Å². The first-order valence-corrected chi connectivity index (χ1v) is 10.6. The van der Waals surface area contributed by atoms with Gasteiger partial charge in [-0.15, -0.1) is 0 Å². The van der Waals surface area contributed by atoms with Crippen LogP contribution in [0.2, 0.25) is 0 Å². The number of benzene rings is 4. The van der Waals surface area contributed by atoms with Crippen LogP contribution in [0.15, 0.2) is 95.8 Å². The number of hydrogen-bond donors (Lipinski definition) is 3. The van der Waals surface area contributed by atoms with Crippen molar-refractivity contribution < 1.29 is 4.79 Å². The Hall–Kier alpha value is -4.71. The van der Waals surface area contributed by atoms with Gasteiger partial charge in [-0.1, -0.05) is 60.7 Å². The van der Waals surface area contributed by atoms with E-state index in [1.807, 2.05) is 54.6 Å². The minimum absolute atomic E-state index is 0.243. The summed E-state index contributed by atoms with van der Waals surface area (Å²) < 4.78 is 0. The van der Waals surface area contributed by atoms with Crippen LogP contribution in [0.3, 0.4) is 0 Å². The molecule has 3 N–H and O–H groups in total. The molecule has 0 aliphatic rings. The van der Waals surface area contributed by atoms with E-state index >= 15 is 0 Å². The summed E-state index contributed by atoms with van der Waals surface area (Å²) in [5.74, 6) is -0.243. The maximum absolute atomic E-state index is 13.4. The third-order valence-corrected chi connectivity index (χ3v) is 5.80. The second-order valence-electron chi connectivity index (χ2n) is 7.89. The highest BCUT2D eigenvalue weighted by Gasteiger charge is 2.16. The van der Waals surface area contributed by atoms with Crippen LogP contribution in [0.5, 0.6) is 0 Å². The maximum Gasteiger partial charge on any atom is 0.323 e. The second-order valence-corrected chi connectivity index (χ2v) is 7.89. The lowest BCUT2D eigenvalue weighted by atomic mass is 9.99. The maximum atomic E-state index is 13.4. The van der Waals surface area contributed by atoms with Crippen LogP contribution in [0.4, 0.5) is 5.69 Å². The fourth-order valence-electron chi connectivity index (χ4n) is 4.26. The first-order chi connectivity index (χ1) is 16.2. The van der Waals surface area contributed by atoms with E-state index in [4.69, 9.17) is 4.98 Å². The highest BCUT2D eigenvalue weighted by Crippen LogP contribution is 2.31. The van der Waals surface area contributed by atoms with Crippen LogP contribution in [0.25, 0.3) is 44.0 Å². The molecule has 158 valence electrons. The number of fused-ring (bicyclic) bond motifs is 3. The van der Waals surface area contributed by atoms with Crippen molar-refractivity contribution in [1.29, 1.82) is 0 Å². The molecule has 2 aromatic heterocycles. The number of hydrogen-bond acceptors (Lipinski definition) is 3. The molecule has 33 heavy (non-hydrogen) atoms. The number of carbonyl (C=O) groups is 1. The minimum atomic E-state index is -0.284. The number of anilines is 1. The number of pyridine rings is 1. The molecule has 1 amide bonds. The van der Waals surface area contributed by atoms with E-state index in [1.54, 1.807) is 18.2 Å². The summed E-state index contributed by atoms with van der Waals surface area (Å²) in [6.45, 7) is 0. The van der Waals surface area contributed by atoms with E-state index in [0.717, 1.165) is 32.9 Å². The van der Waals surface area contributed by atoms with Crippen molar-refractivity contribution in [2.75, 3.05) is 5.32 Å². The zero-order valence-electron chi connectivity index (χ0n) is 17.4. The van der Waals surface area contributed by atoms with Crippen molar-refractivity contribution in [3.05, 3.63) is 107 Å². The molecule has 6 rings (SSSR count). The van der Waals surface area contributed by atoms with Gasteiger partial charge in [0.05, 0.1) is 27.8 Å². The first kappa shape index (κ1) is 19.0. The third kappa shape index (κ3) is 3.34. The topological polar surface area (TPSA) is 90.6 Å². The van der Waals surface area contributed by atoms with Crippen LogP contribution >= 0.6 is 0 Å². The summed E-state index contributed by atoms with van der Waals surface area (Å²) in [5, 5.41) is 5.93. The van der Waals surface area contributed by atoms with Crippen molar-refractivity contribution in [3.8, 4) is 11.3 Å². The van der Waals surface area contributed by atoms with Gasteiger partial charge in [0.2, 0.25) is 0 Å². The monoisotopic (exact) mass is 430 g/mol. The number of aromatic amines is 2. The van der Waals surface area contributed by atoms with Crippen LogP contribution in [-0.2, 0) is 0 Å². The summed E-state index contributed by atoms with van der Waals surface area (Å²) in [5.41, 5.74) is 4.62. The molecule has 6 heteroatoms. The lowest BCUT2D eigenvalue weighted by Crippen LogP contribution is -2.13. The van der Waals surface area contributed by atoms with Crippen LogP contribution < -0.4 is 11.0 Å². The molecule has 0 atom stereocenters. The molecule has 2 heterocycles. The average Bonchev–Trinajstić information content (AvgIpc) is 3.22. The van der Waals surface area contributed by atoms with E-state index in [9.17, 15) is 9.59 Å². The molecule has 0 saturated carbocycles. The largest absolute Gasteiger partial charge is 0.323 e. The SMILES string of the molecule is O=C(Nc1ccc2[nH]c(=O)[nH]c2c1)c1cc(-c2cccc3ccccc23)nc2ccccc12. The Morgan fingerprint density at radius 3 is 2.42 bits per heavy atom. The van der Waals surface area contributed by atoms with Crippen molar-refractivity contribution in [3.63, 3.8) is 0 Å². The number of amides is 1. The zero-order chi connectivity index (χ0) is 22.4. The molecule has 4 aromatic carbocycles. The van der Waals surface area contributed by atoms with E-state index in [1.165, 1.54) is 0 Å². The van der Waals surface area contributed by atoms with Crippen molar-refractivity contribution in [2.45, 2.75) is 0 Å². The molecular weight excluding hydrogens is 412 g/mol. The second kappa shape index (κ2) is 7.46. The standard InChI is InChI=1S/C27H18N4O2/c32-26(28-17-12-13-23-25(14-17)31-27(33)30-23)21-15-24(29-22-11-4-3-9-20(21)22)19-10-5-7-16-6-1-2-8-18(16)19/h1-15H,(H,28,32)(H2,30,31,33). The smallest absolute Gasteiger partial charge is 0.322 e. The summed E-state index contributed by atoms with van der Waals surface area (Å²) in [7, 11) is 0. The molecule has 0 spiro atoms. The number of carbonyl (C=O) groups excluding carboxylic acids is 1. The Kier molecular flexibility index (Phi) is 4.30. The summed E-state index contributed by atoms with van der Waals surface area (Å²) in [6.07, 6.45) is 0. The molecule has 6 nitrogen and oxygen atoms in total. The molecular formula is C27H18N4O2. The van der Waals surface area contributed by atoms with Crippen LogP contribution in [0.1, 0.15) is 10.4 Å². The highest BCUT2D eigenvalue weighted by atomic mass is 16.2. The van der Waals surface area contributed by atoms with E-state index < -0.39 is 0 Å². The summed E-state index contributed by atoms with van der Waals surface area (Å²) >= 11 is 0. The number of nitrogens with one attached hydrogen (secondary N) is 3. The fourth-order valence-corrected chi connectivity index (χ4v) is 4.26. The summed E-state index contributed by atoms with van der Waals surface area (Å²) in [6, 6.07) is 29.0. The Bertz CT molecular complexity index is 1740. The zero-order valence-corrected chi connectivity index (χ0v) is 17.4. The molecule has 0 bridgehead atoms. The Morgan fingerprint density at radius 2 is 1.52 bits per heavy atom. The van der Waals surface area contributed by atoms with E-state index in [2.05, 4.69) is 33.5 Å². The molecule has 0 aliphatic heterocycles. The molecule has 6 aromatic rings. The molecule has 0 fully saturated rings. The number of nitrogens with zero attached hydrogens (tertiary/aromatic N) is 1. The van der Waals surface area contributed by atoms with Gasteiger partial charge in [0, 0.05) is 16.6 Å². The first-order valence-electron chi connectivity index (χ1n) is 10.6. The number of imidazole rings is 1. The van der Waals surface area contributed by atoms with Gasteiger partial charge in [-0.2, -0.15) is 0 Å². The quantitative estimate of drug-likeness (QED) is 0.347. The Balaban J connectivity index is 1.48. The molecule has 0 aliphatic carbocycles. The van der Waals surface area contributed by atoms with Gasteiger partial charge in [0.25, 0.3) is 5.91 Å². The van der Waals surface area contributed by atoms with Gasteiger partial charge in [0.1, 0.15) is 0 Å². The third-order valence-electron chi connectivity index (χ3n) is 5.80.